The minimum Gasteiger partial charge on any atom is -0.490 e. The molecule has 2 aromatic carbocycles. The Hall–Kier alpha value is -2.78. The number of rotatable bonds is 9. The summed E-state index contributed by atoms with van der Waals surface area (Å²) in [7, 11) is 0. The predicted molar refractivity (Wildman–Crippen MR) is 121 cm³/mol. The molecule has 0 radical (unpaired) electrons. The first-order valence-corrected chi connectivity index (χ1v) is 10.6. The Morgan fingerprint density at radius 3 is 2.47 bits per heavy atom. The maximum absolute atomic E-state index is 11.9. The third-order valence-electron chi connectivity index (χ3n) is 4.28. The standard InChI is InChI=1S/C24H26BrNO4/c1-5-28-24(27)19(15-26)13-18-14-20(25)7-9-22(18)29-10-11-30-23-12-17(4)6-8-21(23)16(2)3/h6-9,12-14,16H,5,10-11H2,1-4H3/b19-13+. The van der Waals surface area contributed by atoms with Gasteiger partial charge in [-0.1, -0.05) is 41.9 Å². The van der Waals surface area contributed by atoms with Gasteiger partial charge in [-0.2, -0.15) is 5.26 Å². The minimum absolute atomic E-state index is 0.0858. The third kappa shape index (κ3) is 6.64. The summed E-state index contributed by atoms with van der Waals surface area (Å²) in [6, 6.07) is 13.5. The van der Waals surface area contributed by atoms with Crippen LogP contribution < -0.4 is 9.47 Å². The molecule has 30 heavy (non-hydrogen) atoms. The summed E-state index contributed by atoms with van der Waals surface area (Å²) in [5.74, 6) is 1.11. The largest absolute Gasteiger partial charge is 0.490 e. The molecule has 0 aromatic heterocycles. The lowest BCUT2D eigenvalue weighted by Gasteiger charge is -2.16. The molecule has 0 spiro atoms. The zero-order chi connectivity index (χ0) is 22.1. The monoisotopic (exact) mass is 471 g/mol. The first kappa shape index (κ1) is 23.5. The summed E-state index contributed by atoms with van der Waals surface area (Å²) in [4.78, 5) is 11.9. The first-order valence-electron chi connectivity index (χ1n) is 9.80. The van der Waals surface area contributed by atoms with E-state index in [1.807, 2.05) is 25.1 Å². The van der Waals surface area contributed by atoms with Gasteiger partial charge in [0.25, 0.3) is 0 Å². The zero-order valence-corrected chi connectivity index (χ0v) is 19.3. The molecular weight excluding hydrogens is 446 g/mol. The molecule has 0 saturated heterocycles. The molecule has 0 N–H and O–H groups in total. The van der Waals surface area contributed by atoms with Crippen LogP contribution in [0.4, 0.5) is 0 Å². The molecule has 0 aliphatic rings. The van der Waals surface area contributed by atoms with Crippen molar-refractivity contribution in [1.29, 1.82) is 5.26 Å². The maximum atomic E-state index is 11.9. The van der Waals surface area contributed by atoms with Gasteiger partial charge in [0.1, 0.15) is 36.4 Å². The number of nitriles is 1. The lowest BCUT2D eigenvalue weighted by Crippen LogP contribution is -2.11. The Morgan fingerprint density at radius 2 is 1.83 bits per heavy atom. The fraction of sp³-hybridized carbons (Fsp3) is 0.333. The number of aryl methyl sites for hydroxylation is 1. The highest BCUT2D eigenvalue weighted by atomic mass is 79.9. The molecular formula is C24H26BrNO4. The quantitative estimate of drug-likeness (QED) is 0.199. The van der Waals surface area contributed by atoms with Gasteiger partial charge < -0.3 is 14.2 Å². The number of hydrogen-bond acceptors (Lipinski definition) is 5. The molecule has 2 aromatic rings. The predicted octanol–water partition coefficient (Wildman–Crippen LogP) is 5.81. The number of carbonyl (C=O) groups excluding carboxylic acids is 1. The molecule has 0 bridgehead atoms. The van der Waals surface area contributed by atoms with Crippen molar-refractivity contribution in [2.75, 3.05) is 19.8 Å². The molecule has 6 heteroatoms. The summed E-state index contributed by atoms with van der Waals surface area (Å²) in [6.45, 7) is 8.87. The second-order valence-corrected chi connectivity index (χ2v) is 7.88. The van der Waals surface area contributed by atoms with Crippen molar-refractivity contribution < 1.29 is 19.0 Å². The molecule has 0 aliphatic carbocycles. The summed E-state index contributed by atoms with van der Waals surface area (Å²) >= 11 is 3.41. The van der Waals surface area contributed by atoms with E-state index in [1.165, 1.54) is 6.08 Å². The fourth-order valence-electron chi connectivity index (χ4n) is 2.81. The normalized spacial score (nSPS) is 11.2. The summed E-state index contributed by atoms with van der Waals surface area (Å²) in [5, 5.41) is 9.29. The Kier molecular flexibility index (Phi) is 8.94. The van der Waals surface area contributed by atoms with E-state index in [0.717, 1.165) is 21.3 Å². The molecule has 5 nitrogen and oxygen atoms in total. The second-order valence-electron chi connectivity index (χ2n) is 6.97. The van der Waals surface area contributed by atoms with Crippen molar-refractivity contribution in [3.05, 3.63) is 63.1 Å². The Morgan fingerprint density at radius 1 is 1.13 bits per heavy atom. The molecule has 0 aliphatic heterocycles. The maximum Gasteiger partial charge on any atom is 0.348 e. The molecule has 2 rings (SSSR count). The highest BCUT2D eigenvalue weighted by Crippen LogP contribution is 2.28. The number of carbonyl (C=O) groups is 1. The SMILES string of the molecule is CCOC(=O)/C(C#N)=C/c1cc(Br)ccc1OCCOc1cc(C)ccc1C(C)C. The van der Waals surface area contributed by atoms with Gasteiger partial charge in [0.2, 0.25) is 0 Å². The van der Waals surface area contributed by atoms with Crippen LogP contribution in [0, 0.1) is 18.3 Å². The number of benzene rings is 2. The number of halogens is 1. The molecule has 0 heterocycles. The number of ether oxygens (including phenoxy) is 3. The van der Waals surface area contributed by atoms with Crippen molar-refractivity contribution >= 4 is 28.0 Å². The van der Waals surface area contributed by atoms with Crippen LogP contribution in [0.15, 0.2) is 46.4 Å². The van der Waals surface area contributed by atoms with Crippen molar-refractivity contribution in [1.82, 2.24) is 0 Å². The summed E-state index contributed by atoms with van der Waals surface area (Å²) in [6.07, 6.45) is 1.47. The van der Waals surface area contributed by atoms with Gasteiger partial charge in [-0.25, -0.2) is 4.79 Å². The van der Waals surface area contributed by atoms with E-state index in [9.17, 15) is 10.1 Å². The average molecular weight is 472 g/mol. The molecule has 0 fully saturated rings. The van der Waals surface area contributed by atoms with Gasteiger partial charge in [0.15, 0.2) is 0 Å². The zero-order valence-electron chi connectivity index (χ0n) is 17.7. The van der Waals surface area contributed by atoms with E-state index >= 15 is 0 Å². The fourth-order valence-corrected chi connectivity index (χ4v) is 3.19. The van der Waals surface area contributed by atoms with E-state index in [0.29, 0.717) is 30.4 Å². The molecule has 158 valence electrons. The summed E-state index contributed by atoms with van der Waals surface area (Å²) < 4.78 is 17.6. The Balaban J connectivity index is 2.11. The van der Waals surface area contributed by atoms with E-state index in [2.05, 4.69) is 41.9 Å². The van der Waals surface area contributed by atoms with Gasteiger partial charge >= 0.3 is 5.97 Å². The van der Waals surface area contributed by atoms with Crippen LogP contribution in [0.3, 0.4) is 0 Å². The Labute approximate surface area is 186 Å². The lowest BCUT2D eigenvalue weighted by molar-refractivity contribution is -0.137. The minimum atomic E-state index is -0.657. The number of esters is 1. The van der Waals surface area contributed by atoms with Crippen molar-refractivity contribution in [2.45, 2.75) is 33.6 Å². The van der Waals surface area contributed by atoms with Crippen LogP contribution in [0.2, 0.25) is 0 Å². The van der Waals surface area contributed by atoms with Crippen LogP contribution in [0.25, 0.3) is 6.08 Å². The molecule has 0 saturated carbocycles. The topological polar surface area (TPSA) is 68.6 Å². The van der Waals surface area contributed by atoms with Crippen LogP contribution in [0.5, 0.6) is 11.5 Å². The van der Waals surface area contributed by atoms with E-state index in [4.69, 9.17) is 14.2 Å². The lowest BCUT2D eigenvalue weighted by atomic mass is 10.0. The molecule has 0 atom stereocenters. The average Bonchev–Trinajstić information content (AvgIpc) is 2.70. The van der Waals surface area contributed by atoms with Gasteiger partial charge in [0.05, 0.1) is 6.61 Å². The van der Waals surface area contributed by atoms with Gasteiger partial charge in [-0.05, 0) is 61.2 Å². The highest BCUT2D eigenvalue weighted by molar-refractivity contribution is 9.10. The van der Waals surface area contributed by atoms with Crippen LogP contribution in [-0.2, 0) is 9.53 Å². The van der Waals surface area contributed by atoms with E-state index in [-0.39, 0.29) is 12.2 Å². The van der Waals surface area contributed by atoms with E-state index in [1.54, 1.807) is 19.1 Å². The van der Waals surface area contributed by atoms with Crippen molar-refractivity contribution in [3.8, 4) is 17.6 Å². The molecule has 0 amide bonds. The third-order valence-corrected chi connectivity index (χ3v) is 4.77. The first-order chi connectivity index (χ1) is 14.3. The van der Waals surface area contributed by atoms with Crippen molar-refractivity contribution in [2.24, 2.45) is 0 Å². The van der Waals surface area contributed by atoms with Gasteiger partial charge in [-0.3, -0.25) is 0 Å². The summed E-state index contributed by atoms with van der Waals surface area (Å²) in [5.41, 5.74) is 2.81. The highest BCUT2D eigenvalue weighted by Gasteiger charge is 2.13. The van der Waals surface area contributed by atoms with Crippen molar-refractivity contribution in [3.63, 3.8) is 0 Å². The molecule has 0 unspecified atom stereocenters. The van der Waals surface area contributed by atoms with Gasteiger partial charge in [0, 0.05) is 10.0 Å². The van der Waals surface area contributed by atoms with E-state index < -0.39 is 5.97 Å². The van der Waals surface area contributed by atoms with Crippen LogP contribution >= 0.6 is 15.9 Å². The smallest absolute Gasteiger partial charge is 0.348 e. The second kappa shape index (κ2) is 11.4. The number of nitrogens with zero attached hydrogens (tertiary/aromatic N) is 1. The van der Waals surface area contributed by atoms with Crippen LogP contribution in [0.1, 0.15) is 43.4 Å². The Bertz CT molecular complexity index is 960. The van der Waals surface area contributed by atoms with Crippen LogP contribution in [-0.4, -0.2) is 25.8 Å². The number of hydrogen-bond donors (Lipinski definition) is 0. The van der Waals surface area contributed by atoms with Gasteiger partial charge in [-0.15, -0.1) is 0 Å².